The number of benzene rings is 2. The van der Waals surface area contributed by atoms with E-state index in [1.54, 1.807) is 31.2 Å². The van der Waals surface area contributed by atoms with Crippen molar-refractivity contribution in [3.8, 4) is 11.5 Å². The second kappa shape index (κ2) is 21.8. The Kier molecular flexibility index (Phi) is 16.2. The summed E-state index contributed by atoms with van der Waals surface area (Å²) in [6.07, 6.45) is 10.8. The Morgan fingerprint density at radius 3 is 2.51 bits per heavy atom. The van der Waals surface area contributed by atoms with Gasteiger partial charge in [-0.2, -0.15) is 0 Å². The third kappa shape index (κ3) is 10.7. The van der Waals surface area contributed by atoms with Gasteiger partial charge in [0.2, 0.25) is 5.79 Å². The lowest BCUT2D eigenvalue weighted by molar-refractivity contribution is -0.333. The van der Waals surface area contributed by atoms with Crippen LogP contribution in [-0.4, -0.2) is 123 Å². The van der Waals surface area contributed by atoms with Gasteiger partial charge in [-0.1, -0.05) is 75.4 Å². The van der Waals surface area contributed by atoms with Crippen LogP contribution in [0.4, 0.5) is 0 Å². The van der Waals surface area contributed by atoms with Gasteiger partial charge in [0.25, 0.3) is 0 Å². The van der Waals surface area contributed by atoms with Crippen LogP contribution in [0.2, 0.25) is 0 Å². The highest BCUT2D eigenvalue weighted by Crippen LogP contribution is 2.61. The van der Waals surface area contributed by atoms with Crippen molar-refractivity contribution in [3.05, 3.63) is 101 Å². The first-order valence-electron chi connectivity index (χ1n) is 25.5. The second-order valence-electron chi connectivity index (χ2n) is 21.6. The van der Waals surface area contributed by atoms with E-state index in [4.69, 9.17) is 18.9 Å². The molecule has 8 N–H and O–H groups in total. The normalized spacial score (nSPS) is 35.7. The predicted molar refractivity (Wildman–Crippen MR) is 262 cm³/mol. The molecule has 1 saturated heterocycles. The third-order valence-electron chi connectivity index (χ3n) is 16.4. The fourth-order valence-corrected chi connectivity index (χ4v) is 12.8. The summed E-state index contributed by atoms with van der Waals surface area (Å²) in [5, 5.41) is 80.4. The van der Waals surface area contributed by atoms with E-state index >= 15 is 4.79 Å². The molecule has 7 aliphatic rings. The second-order valence-corrected chi connectivity index (χ2v) is 21.6. The molecule has 382 valence electrons. The molecule has 4 bridgehead atoms. The Bertz CT molecular complexity index is 2310. The van der Waals surface area contributed by atoms with Crippen LogP contribution in [0, 0.1) is 46.8 Å². The first-order chi connectivity index (χ1) is 33.5. The number of ether oxygens (including phenoxy) is 4. The molecule has 14 heteroatoms. The molecule has 2 heterocycles. The van der Waals surface area contributed by atoms with Crippen LogP contribution >= 0.6 is 0 Å². The van der Waals surface area contributed by atoms with Crippen molar-refractivity contribution in [1.29, 1.82) is 0 Å². The zero-order valence-electron chi connectivity index (χ0n) is 41.2. The molecular formula is C56H75NO13. The number of carbonyl (C=O) groups is 2. The van der Waals surface area contributed by atoms with Crippen molar-refractivity contribution < 1.29 is 64.3 Å². The van der Waals surface area contributed by atoms with E-state index in [1.165, 1.54) is 19.3 Å². The Hall–Kier alpha value is -4.38. The van der Waals surface area contributed by atoms with E-state index in [0.29, 0.717) is 49.5 Å². The lowest BCUT2D eigenvalue weighted by atomic mass is 9.46. The quantitative estimate of drug-likeness (QED) is 0.0530. The lowest BCUT2D eigenvalue weighted by Gasteiger charge is -2.58. The van der Waals surface area contributed by atoms with Gasteiger partial charge in [-0.3, -0.25) is 4.79 Å². The standard InChI is InChI=1S/C56H75NO13/c1-31(2)22-37-16-19-55(28-47(37)62)40-11-12-41(32(3)23-40)44(55)13-15-49(63)68-52-50(64)51-45(57-29-33(4)60)17-20-56(66,70-51)53(52)69-54(65)39(24-35-7-14-46(61)48(26-35)67-5)27-43-38(30-59)10-9-36-8-6-34(18-21-58)25-42(36)43/h6-8,11-12,14,16-17,19-20,24-26,31-33,37-38,40-41,43-45,47,50-53,57-62,64,66H,9-10,13,15,18,21-23,27-30H2,1-5H3. The fourth-order valence-electron chi connectivity index (χ4n) is 12.8. The largest absolute Gasteiger partial charge is 0.504 e. The van der Waals surface area contributed by atoms with E-state index in [1.807, 2.05) is 18.2 Å². The van der Waals surface area contributed by atoms with Gasteiger partial charge in [0.1, 0.15) is 12.2 Å². The van der Waals surface area contributed by atoms with Gasteiger partial charge in [-0.15, -0.1) is 0 Å². The van der Waals surface area contributed by atoms with Crippen LogP contribution in [0.3, 0.4) is 0 Å². The molecule has 0 aromatic heterocycles. The monoisotopic (exact) mass is 970 g/mol. The smallest absolute Gasteiger partial charge is 0.334 e. The van der Waals surface area contributed by atoms with Crippen LogP contribution in [0.1, 0.15) is 101 Å². The number of fused-ring (bicyclic) bond motifs is 4. The molecule has 14 nitrogen and oxygen atoms in total. The first-order valence-corrected chi connectivity index (χ1v) is 25.5. The zero-order valence-corrected chi connectivity index (χ0v) is 41.2. The maximum absolute atomic E-state index is 15.0. The topological polar surface area (TPSA) is 225 Å². The molecule has 2 fully saturated rings. The van der Waals surface area contributed by atoms with Crippen molar-refractivity contribution in [2.75, 3.05) is 26.9 Å². The number of rotatable bonds is 18. The van der Waals surface area contributed by atoms with Gasteiger partial charge in [0.15, 0.2) is 23.7 Å². The molecule has 1 saturated carbocycles. The minimum Gasteiger partial charge on any atom is -0.504 e. The number of nitrogens with one attached hydrogen (secondary N) is 1. The highest BCUT2D eigenvalue weighted by molar-refractivity contribution is 5.94. The molecule has 16 atom stereocenters. The van der Waals surface area contributed by atoms with E-state index in [2.05, 4.69) is 50.4 Å². The van der Waals surface area contributed by atoms with Gasteiger partial charge in [0, 0.05) is 43.1 Å². The number of aromatic hydroxyl groups is 1. The van der Waals surface area contributed by atoms with Crippen LogP contribution in [0.15, 0.2) is 78.4 Å². The molecule has 70 heavy (non-hydrogen) atoms. The Balaban J connectivity index is 1.11. The summed E-state index contributed by atoms with van der Waals surface area (Å²) in [5.41, 5.74) is 3.15. The highest BCUT2D eigenvalue weighted by Gasteiger charge is 2.60. The lowest BCUT2D eigenvalue weighted by Crippen LogP contribution is -2.71. The molecule has 0 radical (unpaired) electrons. The van der Waals surface area contributed by atoms with Crippen LogP contribution in [-0.2, 0) is 36.6 Å². The number of hydrogen-bond acceptors (Lipinski definition) is 14. The zero-order chi connectivity index (χ0) is 50.1. The molecule has 2 aromatic rings. The van der Waals surface area contributed by atoms with Crippen molar-refractivity contribution in [2.45, 2.75) is 140 Å². The Morgan fingerprint density at radius 2 is 1.81 bits per heavy atom. The summed E-state index contributed by atoms with van der Waals surface area (Å²) < 4.78 is 24.1. The summed E-state index contributed by atoms with van der Waals surface area (Å²) in [4.78, 5) is 29.4. The third-order valence-corrected chi connectivity index (χ3v) is 16.4. The van der Waals surface area contributed by atoms with E-state index in [9.17, 15) is 40.5 Å². The van der Waals surface area contributed by atoms with E-state index in [-0.39, 0.29) is 90.6 Å². The predicted octanol–water partition coefficient (Wildman–Crippen LogP) is 5.44. The Morgan fingerprint density at radius 1 is 1.01 bits per heavy atom. The summed E-state index contributed by atoms with van der Waals surface area (Å²) in [6.45, 7) is 8.07. The number of phenolic OH excluding ortho intramolecular Hbond substituents is 1. The first kappa shape index (κ1) is 52.0. The van der Waals surface area contributed by atoms with E-state index < -0.39 is 60.4 Å². The van der Waals surface area contributed by atoms with Gasteiger partial charge in [-0.05, 0) is 146 Å². The van der Waals surface area contributed by atoms with Crippen molar-refractivity contribution >= 4 is 18.0 Å². The number of phenols is 1. The van der Waals surface area contributed by atoms with Crippen LogP contribution < -0.4 is 10.1 Å². The summed E-state index contributed by atoms with van der Waals surface area (Å²) in [5.74, 6) is -3.25. The van der Waals surface area contributed by atoms with Crippen molar-refractivity contribution in [1.82, 2.24) is 5.32 Å². The van der Waals surface area contributed by atoms with Crippen molar-refractivity contribution in [2.24, 2.45) is 46.8 Å². The van der Waals surface area contributed by atoms with Gasteiger partial charge >= 0.3 is 11.9 Å². The minimum absolute atomic E-state index is 0.0251. The Labute approximate surface area is 412 Å². The van der Waals surface area contributed by atoms with Crippen LogP contribution in [0.25, 0.3) is 6.08 Å². The number of aliphatic hydroxyl groups is 6. The van der Waals surface area contributed by atoms with Crippen molar-refractivity contribution in [3.63, 3.8) is 0 Å². The molecule has 2 aromatic carbocycles. The number of aryl methyl sites for hydroxylation is 1. The number of hydrogen-bond donors (Lipinski definition) is 8. The number of allylic oxidation sites excluding steroid dienone is 3. The number of carbonyl (C=O) groups excluding carboxylic acids is 2. The maximum Gasteiger partial charge on any atom is 0.334 e. The van der Waals surface area contributed by atoms with Crippen LogP contribution in [0.5, 0.6) is 11.5 Å². The summed E-state index contributed by atoms with van der Waals surface area (Å²) in [6, 6.07) is 9.88. The highest BCUT2D eigenvalue weighted by atomic mass is 16.7. The maximum atomic E-state index is 15.0. The average molecular weight is 970 g/mol. The van der Waals surface area contributed by atoms with Gasteiger partial charge in [-0.25, -0.2) is 4.79 Å². The van der Waals surface area contributed by atoms with Gasteiger partial charge < -0.3 is 60.0 Å². The van der Waals surface area contributed by atoms with Gasteiger partial charge in [0.05, 0.1) is 25.4 Å². The number of aliphatic hydroxyl groups excluding tert-OH is 5. The molecular weight excluding hydrogens is 895 g/mol. The minimum atomic E-state index is -2.37. The average Bonchev–Trinajstić information content (AvgIpc) is 3.32. The molecule has 0 amide bonds. The summed E-state index contributed by atoms with van der Waals surface area (Å²) >= 11 is 0. The fraction of sp³-hybridized carbons (Fsp3) is 0.607. The number of methoxy groups -OCH3 is 1. The molecule has 1 spiro atoms. The summed E-state index contributed by atoms with van der Waals surface area (Å²) in [7, 11) is 1.41. The van der Waals surface area contributed by atoms with E-state index in [0.717, 1.165) is 29.5 Å². The molecule has 5 aliphatic carbocycles. The SMILES string of the molecule is COc1cc(C=C(CC2c3cc(CCO)ccc3CCC2CO)C(=O)OC2C(OC(=O)CCC3C4C=CC(CC4C)C34C=CC(CC(C)C)C(O)C4)C(O)C3OC2(O)C=CC3NCC(C)O)ccc1O. The number of esters is 2. The molecule has 16 unspecified atom stereocenters. The molecule has 2 aliphatic heterocycles. The molecule has 9 rings (SSSR count).